The van der Waals surface area contributed by atoms with Gasteiger partial charge < -0.3 is 9.67 Å². The standard InChI is InChI=1S/C11H10N4O2/c1-6-12-4-7-2-3-15-8(9(7)14-6)5-13-10(15)11(16)17/h4-5H,2-3H2,1H3,(H,16,17). The van der Waals surface area contributed by atoms with Crippen LogP contribution in [0.4, 0.5) is 0 Å². The van der Waals surface area contributed by atoms with Crippen molar-refractivity contribution in [2.45, 2.75) is 19.9 Å². The molecule has 86 valence electrons. The maximum atomic E-state index is 11.0. The number of imidazole rings is 1. The molecule has 2 aromatic rings. The number of hydrogen-bond donors (Lipinski definition) is 1. The topological polar surface area (TPSA) is 80.9 Å². The number of carbonyl (C=O) groups is 1. The molecular formula is C11H10N4O2. The third-order valence-corrected chi connectivity index (χ3v) is 2.88. The van der Waals surface area contributed by atoms with Crippen molar-refractivity contribution >= 4 is 5.97 Å². The van der Waals surface area contributed by atoms with E-state index in [4.69, 9.17) is 5.11 Å². The molecule has 0 radical (unpaired) electrons. The number of aromatic nitrogens is 4. The van der Waals surface area contributed by atoms with E-state index in [0.29, 0.717) is 12.4 Å². The molecule has 0 fully saturated rings. The Labute approximate surface area is 97.0 Å². The first kappa shape index (κ1) is 9.95. The number of aryl methyl sites for hydroxylation is 2. The summed E-state index contributed by atoms with van der Waals surface area (Å²) in [6.45, 7) is 2.42. The molecule has 1 aliphatic rings. The molecule has 0 amide bonds. The number of rotatable bonds is 1. The SMILES string of the molecule is Cc1ncc2c(n1)-c1cnc(C(=O)O)n1CC2. The molecule has 0 saturated carbocycles. The van der Waals surface area contributed by atoms with Crippen LogP contribution in [-0.4, -0.2) is 30.6 Å². The molecule has 2 aromatic heterocycles. The van der Waals surface area contributed by atoms with E-state index in [-0.39, 0.29) is 5.82 Å². The molecule has 3 heterocycles. The lowest BCUT2D eigenvalue weighted by atomic mass is 10.1. The van der Waals surface area contributed by atoms with Crippen molar-refractivity contribution in [1.29, 1.82) is 0 Å². The normalized spacial score (nSPS) is 13.0. The van der Waals surface area contributed by atoms with Gasteiger partial charge in [-0.3, -0.25) is 0 Å². The molecule has 0 saturated heterocycles. The minimum Gasteiger partial charge on any atom is -0.475 e. The van der Waals surface area contributed by atoms with Gasteiger partial charge in [0.05, 0.1) is 17.6 Å². The van der Waals surface area contributed by atoms with Gasteiger partial charge >= 0.3 is 5.97 Å². The van der Waals surface area contributed by atoms with E-state index in [1.165, 1.54) is 0 Å². The van der Waals surface area contributed by atoms with Gasteiger partial charge in [-0.1, -0.05) is 0 Å². The van der Waals surface area contributed by atoms with Gasteiger partial charge in [-0.2, -0.15) is 0 Å². The van der Waals surface area contributed by atoms with Gasteiger partial charge in [0.2, 0.25) is 5.82 Å². The lowest BCUT2D eigenvalue weighted by molar-refractivity contribution is 0.0678. The van der Waals surface area contributed by atoms with Crippen molar-refractivity contribution in [3.8, 4) is 11.4 Å². The number of fused-ring (bicyclic) bond motifs is 3. The second-order valence-electron chi connectivity index (χ2n) is 3.96. The van der Waals surface area contributed by atoms with Gasteiger partial charge in [-0.25, -0.2) is 19.7 Å². The van der Waals surface area contributed by atoms with Crippen LogP contribution in [0.3, 0.4) is 0 Å². The molecular weight excluding hydrogens is 220 g/mol. The highest BCUT2D eigenvalue weighted by Crippen LogP contribution is 2.27. The summed E-state index contributed by atoms with van der Waals surface area (Å²) in [5, 5.41) is 9.02. The first-order chi connectivity index (χ1) is 8.16. The summed E-state index contributed by atoms with van der Waals surface area (Å²) < 4.78 is 1.69. The van der Waals surface area contributed by atoms with Gasteiger partial charge in [0.15, 0.2) is 0 Å². The van der Waals surface area contributed by atoms with Crippen LogP contribution in [0.5, 0.6) is 0 Å². The lowest BCUT2D eigenvalue weighted by Crippen LogP contribution is -2.17. The Morgan fingerprint density at radius 2 is 2.24 bits per heavy atom. The van der Waals surface area contributed by atoms with Crippen LogP contribution in [-0.2, 0) is 13.0 Å². The minimum atomic E-state index is -1.01. The molecule has 0 atom stereocenters. The number of carboxylic acids is 1. The predicted octanol–water partition coefficient (Wildman–Crippen LogP) is 0.903. The van der Waals surface area contributed by atoms with E-state index in [2.05, 4.69) is 15.0 Å². The molecule has 0 unspecified atom stereocenters. The lowest BCUT2D eigenvalue weighted by Gasteiger charge is -2.18. The van der Waals surface area contributed by atoms with Gasteiger partial charge in [0.25, 0.3) is 0 Å². The largest absolute Gasteiger partial charge is 0.475 e. The van der Waals surface area contributed by atoms with Crippen molar-refractivity contribution in [1.82, 2.24) is 19.5 Å². The van der Waals surface area contributed by atoms with Crippen molar-refractivity contribution < 1.29 is 9.90 Å². The molecule has 0 spiro atoms. The van der Waals surface area contributed by atoms with Gasteiger partial charge in [0, 0.05) is 18.3 Å². The third kappa shape index (κ3) is 1.41. The first-order valence-electron chi connectivity index (χ1n) is 5.28. The Morgan fingerprint density at radius 1 is 1.41 bits per heavy atom. The zero-order chi connectivity index (χ0) is 12.0. The maximum absolute atomic E-state index is 11.0. The average molecular weight is 230 g/mol. The zero-order valence-electron chi connectivity index (χ0n) is 9.21. The number of hydrogen-bond acceptors (Lipinski definition) is 4. The monoisotopic (exact) mass is 230 g/mol. The van der Waals surface area contributed by atoms with Gasteiger partial charge in [0.1, 0.15) is 5.82 Å². The van der Waals surface area contributed by atoms with E-state index >= 15 is 0 Å². The highest BCUT2D eigenvalue weighted by atomic mass is 16.4. The Kier molecular flexibility index (Phi) is 1.98. The molecule has 17 heavy (non-hydrogen) atoms. The fraction of sp³-hybridized carbons (Fsp3) is 0.273. The van der Waals surface area contributed by atoms with E-state index in [1.807, 2.05) is 6.92 Å². The van der Waals surface area contributed by atoms with Crippen molar-refractivity contribution in [3.63, 3.8) is 0 Å². The Balaban J connectivity index is 2.23. The smallest absolute Gasteiger partial charge is 0.372 e. The first-order valence-corrected chi connectivity index (χ1v) is 5.28. The Morgan fingerprint density at radius 3 is 3.00 bits per heavy atom. The number of aromatic carboxylic acids is 1. The van der Waals surface area contributed by atoms with Crippen LogP contribution < -0.4 is 0 Å². The van der Waals surface area contributed by atoms with Crippen molar-refractivity contribution in [2.24, 2.45) is 0 Å². The summed E-state index contributed by atoms with van der Waals surface area (Å²) >= 11 is 0. The number of carboxylic acid groups (broad SMARTS) is 1. The maximum Gasteiger partial charge on any atom is 0.372 e. The molecule has 6 nitrogen and oxygen atoms in total. The van der Waals surface area contributed by atoms with E-state index in [9.17, 15) is 4.79 Å². The van der Waals surface area contributed by atoms with Crippen molar-refractivity contribution in [3.05, 3.63) is 29.6 Å². The van der Waals surface area contributed by atoms with Crippen LogP contribution in [0, 0.1) is 6.92 Å². The summed E-state index contributed by atoms with van der Waals surface area (Å²) in [4.78, 5) is 23.4. The predicted molar refractivity (Wildman–Crippen MR) is 58.7 cm³/mol. The summed E-state index contributed by atoms with van der Waals surface area (Å²) in [6, 6.07) is 0. The zero-order valence-corrected chi connectivity index (χ0v) is 9.21. The fourth-order valence-electron chi connectivity index (χ4n) is 2.09. The summed E-state index contributed by atoms with van der Waals surface area (Å²) in [5.41, 5.74) is 2.60. The molecule has 6 heteroatoms. The van der Waals surface area contributed by atoms with Crippen LogP contribution in [0.15, 0.2) is 12.4 Å². The quantitative estimate of drug-likeness (QED) is 0.787. The van der Waals surface area contributed by atoms with E-state index in [0.717, 1.165) is 23.4 Å². The molecule has 1 N–H and O–H groups in total. The van der Waals surface area contributed by atoms with E-state index < -0.39 is 5.97 Å². The summed E-state index contributed by atoms with van der Waals surface area (Å²) in [7, 11) is 0. The van der Waals surface area contributed by atoms with Crippen LogP contribution in [0.1, 0.15) is 22.0 Å². The van der Waals surface area contributed by atoms with Crippen LogP contribution in [0.25, 0.3) is 11.4 Å². The van der Waals surface area contributed by atoms with Gasteiger partial charge in [-0.15, -0.1) is 0 Å². The molecule has 1 aliphatic heterocycles. The molecule has 3 rings (SSSR count). The van der Waals surface area contributed by atoms with E-state index in [1.54, 1.807) is 17.0 Å². The number of nitrogens with zero attached hydrogens (tertiary/aromatic N) is 4. The molecule has 0 aliphatic carbocycles. The fourth-order valence-corrected chi connectivity index (χ4v) is 2.09. The van der Waals surface area contributed by atoms with Crippen LogP contribution >= 0.6 is 0 Å². The van der Waals surface area contributed by atoms with Crippen molar-refractivity contribution in [2.75, 3.05) is 0 Å². The highest BCUT2D eigenvalue weighted by Gasteiger charge is 2.23. The average Bonchev–Trinajstić information content (AvgIpc) is 2.72. The third-order valence-electron chi connectivity index (χ3n) is 2.88. The molecule has 0 bridgehead atoms. The second kappa shape index (κ2) is 3.38. The van der Waals surface area contributed by atoms with Crippen LogP contribution in [0.2, 0.25) is 0 Å². The minimum absolute atomic E-state index is 0.0712. The highest BCUT2D eigenvalue weighted by molar-refractivity contribution is 5.85. The Bertz CT molecular complexity index is 618. The summed E-state index contributed by atoms with van der Waals surface area (Å²) in [5.74, 6) is -0.261. The summed E-state index contributed by atoms with van der Waals surface area (Å²) in [6.07, 6.45) is 4.10. The second-order valence-corrected chi connectivity index (χ2v) is 3.96. The molecule has 0 aromatic carbocycles. The Hall–Kier alpha value is -2.24. The van der Waals surface area contributed by atoms with Gasteiger partial charge in [-0.05, 0) is 13.3 Å².